The second-order valence-electron chi connectivity index (χ2n) is 5.11. The molecule has 0 rings (SSSR count). The van der Waals surface area contributed by atoms with Crippen LogP contribution in [-0.2, 0) is 4.79 Å². The van der Waals surface area contributed by atoms with Gasteiger partial charge >= 0.3 is 12.0 Å². The molecule has 2 N–H and O–H groups in total. The smallest absolute Gasteiger partial charge is 0.317 e. The molecule has 2 amide bonds. The molecule has 0 aliphatic heterocycles. The van der Waals surface area contributed by atoms with Gasteiger partial charge in [0.25, 0.3) is 0 Å². The first-order valence-electron chi connectivity index (χ1n) is 6.76. The van der Waals surface area contributed by atoms with Crippen molar-refractivity contribution in [2.45, 2.75) is 33.6 Å². The first kappa shape index (κ1) is 17.5. The Morgan fingerprint density at radius 1 is 1.42 bits per heavy atom. The zero-order valence-corrected chi connectivity index (χ0v) is 12.2. The highest BCUT2D eigenvalue weighted by atomic mass is 16.4. The highest BCUT2D eigenvalue weighted by Crippen LogP contribution is 2.14. The molecule has 0 aromatic heterocycles. The number of hydrogen-bond acceptors (Lipinski definition) is 2. The average Bonchev–Trinajstić information content (AvgIpc) is 2.31. The van der Waals surface area contributed by atoms with Crippen LogP contribution in [0.3, 0.4) is 0 Å². The van der Waals surface area contributed by atoms with E-state index in [-0.39, 0.29) is 18.4 Å². The van der Waals surface area contributed by atoms with Crippen LogP contribution in [0.2, 0.25) is 0 Å². The Labute approximate surface area is 115 Å². The summed E-state index contributed by atoms with van der Waals surface area (Å²) in [5.41, 5.74) is 0. The van der Waals surface area contributed by atoms with Crippen LogP contribution in [0.4, 0.5) is 4.79 Å². The highest BCUT2D eigenvalue weighted by Gasteiger charge is 2.17. The van der Waals surface area contributed by atoms with Gasteiger partial charge in [-0.1, -0.05) is 19.9 Å². The standard InChI is InChI=1S/C14H26N2O3/c1-5-7-16(6-2)14(19)15-10-12(8-11(3)4)9-13(17)18/h5,11-12H,1,6-10H2,2-4H3,(H,15,19)(H,17,18)/t12-/m0/s1. The molecular weight excluding hydrogens is 244 g/mol. The van der Waals surface area contributed by atoms with E-state index in [9.17, 15) is 9.59 Å². The molecule has 110 valence electrons. The van der Waals surface area contributed by atoms with Crippen molar-refractivity contribution in [1.29, 1.82) is 0 Å². The van der Waals surface area contributed by atoms with E-state index in [4.69, 9.17) is 5.11 Å². The predicted molar refractivity (Wildman–Crippen MR) is 76.0 cm³/mol. The predicted octanol–water partition coefficient (Wildman–Crippen LogP) is 2.34. The number of hydrogen-bond donors (Lipinski definition) is 2. The van der Waals surface area contributed by atoms with Crippen LogP contribution in [0.15, 0.2) is 12.7 Å². The fourth-order valence-corrected chi connectivity index (χ4v) is 2.01. The SMILES string of the molecule is C=CCN(CC)C(=O)NC[C@H](CC(=O)O)CC(C)C. The fourth-order valence-electron chi connectivity index (χ4n) is 2.01. The van der Waals surface area contributed by atoms with Gasteiger partial charge in [-0.15, -0.1) is 6.58 Å². The number of carboxylic acids is 1. The molecule has 19 heavy (non-hydrogen) atoms. The number of nitrogens with one attached hydrogen (secondary N) is 1. The van der Waals surface area contributed by atoms with Crippen molar-refractivity contribution in [3.05, 3.63) is 12.7 Å². The maximum absolute atomic E-state index is 11.9. The van der Waals surface area contributed by atoms with Crippen LogP contribution < -0.4 is 5.32 Å². The van der Waals surface area contributed by atoms with Gasteiger partial charge in [-0.3, -0.25) is 4.79 Å². The summed E-state index contributed by atoms with van der Waals surface area (Å²) in [7, 11) is 0. The van der Waals surface area contributed by atoms with Gasteiger partial charge in [0, 0.05) is 26.1 Å². The topological polar surface area (TPSA) is 69.6 Å². The summed E-state index contributed by atoms with van der Waals surface area (Å²) in [4.78, 5) is 24.3. The van der Waals surface area contributed by atoms with Crippen molar-refractivity contribution >= 4 is 12.0 Å². The zero-order chi connectivity index (χ0) is 14.8. The lowest BCUT2D eigenvalue weighted by atomic mass is 9.94. The van der Waals surface area contributed by atoms with Crippen LogP contribution in [0.1, 0.15) is 33.6 Å². The first-order valence-corrected chi connectivity index (χ1v) is 6.76. The van der Waals surface area contributed by atoms with Gasteiger partial charge in [-0.05, 0) is 25.2 Å². The summed E-state index contributed by atoms with van der Waals surface area (Å²) in [5, 5.41) is 11.7. The molecular formula is C14H26N2O3. The van der Waals surface area contributed by atoms with Gasteiger partial charge < -0.3 is 15.3 Å². The van der Waals surface area contributed by atoms with Gasteiger partial charge in [0.2, 0.25) is 0 Å². The number of carboxylic acid groups (broad SMARTS) is 1. The van der Waals surface area contributed by atoms with Gasteiger partial charge in [0.15, 0.2) is 0 Å². The largest absolute Gasteiger partial charge is 0.481 e. The molecule has 0 radical (unpaired) electrons. The molecule has 0 fully saturated rings. The maximum Gasteiger partial charge on any atom is 0.317 e. The summed E-state index contributed by atoms with van der Waals surface area (Å²) in [5.74, 6) is -0.432. The van der Waals surface area contributed by atoms with E-state index in [1.165, 1.54) is 0 Å². The Balaban J connectivity index is 4.31. The number of nitrogens with zero attached hydrogens (tertiary/aromatic N) is 1. The Kier molecular flexibility index (Phi) is 8.66. The number of rotatable bonds is 9. The highest BCUT2D eigenvalue weighted by molar-refractivity contribution is 5.74. The maximum atomic E-state index is 11.9. The van der Waals surface area contributed by atoms with Crippen LogP contribution in [-0.4, -0.2) is 41.6 Å². The van der Waals surface area contributed by atoms with Crippen LogP contribution >= 0.6 is 0 Å². The Morgan fingerprint density at radius 3 is 2.47 bits per heavy atom. The quantitative estimate of drug-likeness (QED) is 0.632. The number of aliphatic carboxylic acids is 1. The molecule has 0 aliphatic carbocycles. The summed E-state index contributed by atoms with van der Waals surface area (Å²) < 4.78 is 0. The fraction of sp³-hybridized carbons (Fsp3) is 0.714. The van der Waals surface area contributed by atoms with Crippen molar-refractivity contribution in [2.75, 3.05) is 19.6 Å². The van der Waals surface area contributed by atoms with Gasteiger partial charge in [-0.25, -0.2) is 4.79 Å². The second kappa shape index (κ2) is 9.42. The molecule has 5 heteroatoms. The van der Waals surface area contributed by atoms with Crippen molar-refractivity contribution in [2.24, 2.45) is 11.8 Å². The number of amides is 2. The molecule has 0 saturated heterocycles. The lowest BCUT2D eigenvalue weighted by Crippen LogP contribution is -2.42. The summed E-state index contributed by atoms with van der Waals surface area (Å²) >= 11 is 0. The molecule has 0 bridgehead atoms. The van der Waals surface area contributed by atoms with E-state index >= 15 is 0 Å². The summed E-state index contributed by atoms with van der Waals surface area (Å²) in [6.07, 6.45) is 2.55. The molecule has 5 nitrogen and oxygen atoms in total. The van der Waals surface area contributed by atoms with Gasteiger partial charge in [0.1, 0.15) is 0 Å². The Bertz CT molecular complexity index is 303. The third-order valence-corrected chi connectivity index (χ3v) is 2.83. The normalized spacial score (nSPS) is 12.0. The van der Waals surface area contributed by atoms with E-state index in [0.29, 0.717) is 25.6 Å². The molecule has 0 aromatic carbocycles. The number of carbonyl (C=O) groups excluding carboxylic acids is 1. The third-order valence-electron chi connectivity index (χ3n) is 2.83. The molecule has 0 heterocycles. The van der Waals surface area contributed by atoms with Crippen molar-refractivity contribution in [1.82, 2.24) is 10.2 Å². The number of likely N-dealkylation sites (N-methyl/N-ethyl adjacent to an activating group) is 1. The second-order valence-corrected chi connectivity index (χ2v) is 5.11. The van der Waals surface area contributed by atoms with Crippen LogP contribution in [0.5, 0.6) is 0 Å². The van der Waals surface area contributed by atoms with Gasteiger partial charge in [-0.2, -0.15) is 0 Å². The first-order chi connectivity index (χ1) is 8.90. The number of urea groups is 1. The Morgan fingerprint density at radius 2 is 2.05 bits per heavy atom. The minimum absolute atomic E-state index is 0.0242. The molecule has 0 aliphatic rings. The third kappa shape index (κ3) is 8.24. The minimum atomic E-state index is -0.821. The monoisotopic (exact) mass is 270 g/mol. The number of carbonyl (C=O) groups is 2. The summed E-state index contributed by atoms with van der Waals surface area (Å²) in [6.45, 7) is 11.1. The Hall–Kier alpha value is -1.52. The van der Waals surface area contributed by atoms with E-state index in [0.717, 1.165) is 6.42 Å². The average molecular weight is 270 g/mol. The van der Waals surface area contributed by atoms with E-state index < -0.39 is 5.97 Å². The van der Waals surface area contributed by atoms with E-state index in [1.54, 1.807) is 11.0 Å². The molecule has 0 aromatic rings. The molecule has 1 atom stereocenters. The van der Waals surface area contributed by atoms with E-state index in [1.807, 2.05) is 20.8 Å². The van der Waals surface area contributed by atoms with Crippen molar-refractivity contribution < 1.29 is 14.7 Å². The lowest BCUT2D eigenvalue weighted by Gasteiger charge is -2.22. The van der Waals surface area contributed by atoms with Crippen molar-refractivity contribution in [3.8, 4) is 0 Å². The summed E-state index contributed by atoms with van der Waals surface area (Å²) in [6, 6.07) is -0.165. The van der Waals surface area contributed by atoms with Crippen LogP contribution in [0, 0.1) is 11.8 Å². The van der Waals surface area contributed by atoms with Crippen LogP contribution in [0.25, 0.3) is 0 Å². The van der Waals surface area contributed by atoms with E-state index in [2.05, 4.69) is 11.9 Å². The molecule has 0 unspecified atom stereocenters. The lowest BCUT2D eigenvalue weighted by molar-refractivity contribution is -0.138. The molecule has 0 spiro atoms. The zero-order valence-electron chi connectivity index (χ0n) is 12.2. The van der Waals surface area contributed by atoms with Gasteiger partial charge in [0.05, 0.1) is 0 Å². The van der Waals surface area contributed by atoms with Crippen molar-refractivity contribution in [3.63, 3.8) is 0 Å². The molecule has 0 saturated carbocycles. The minimum Gasteiger partial charge on any atom is -0.481 e.